The standard InChI is InChI=1S/C17H16N2O6S/c20-14(17(23)24)19-15-13(16(21)22)11-6-10(25-8-12(11)26-15)7-18-9-4-2-1-3-5-9/h1-5,10,18H,6-8H2,(H,19,20)(H,21,22)(H,23,24). The van der Waals surface area contributed by atoms with Gasteiger partial charge in [0.05, 0.1) is 18.3 Å². The molecule has 0 spiro atoms. The van der Waals surface area contributed by atoms with Gasteiger partial charge in [0.25, 0.3) is 0 Å². The second-order valence-corrected chi connectivity index (χ2v) is 6.76. The molecule has 0 radical (unpaired) electrons. The number of anilines is 2. The van der Waals surface area contributed by atoms with E-state index in [9.17, 15) is 19.5 Å². The molecule has 0 saturated heterocycles. The van der Waals surface area contributed by atoms with E-state index in [1.54, 1.807) is 0 Å². The maximum atomic E-state index is 11.6. The van der Waals surface area contributed by atoms with Gasteiger partial charge in [-0.25, -0.2) is 9.59 Å². The molecule has 1 aliphatic heterocycles. The van der Waals surface area contributed by atoms with Crippen LogP contribution in [0, 0.1) is 0 Å². The van der Waals surface area contributed by atoms with Crippen molar-refractivity contribution >= 4 is 39.9 Å². The van der Waals surface area contributed by atoms with Gasteiger partial charge in [0.1, 0.15) is 5.00 Å². The van der Waals surface area contributed by atoms with Gasteiger partial charge in [-0.05, 0) is 17.7 Å². The highest BCUT2D eigenvalue weighted by atomic mass is 32.1. The molecule has 3 rings (SSSR count). The number of hydrogen-bond acceptors (Lipinski definition) is 6. The molecule has 0 aliphatic carbocycles. The van der Waals surface area contributed by atoms with Gasteiger partial charge in [0.2, 0.25) is 0 Å². The number of hydrogen-bond donors (Lipinski definition) is 4. The van der Waals surface area contributed by atoms with Gasteiger partial charge in [0, 0.05) is 23.5 Å². The van der Waals surface area contributed by atoms with E-state index in [-0.39, 0.29) is 23.3 Å². The van der Waals surface area contributed by atoms with Gasteiger partial charge in [0.15, 0.2) is 0 Å². The van der Waals surface area contributed by atoms with E-state index in [1.165, 1.54) is 0 Å². The molecule has 1 aromatic heterocycles. The van der Waals surface area contributed by atoms with Crippen LogP contribution >= 0.6 is 11.3 Å². The second-order valence-electron chi connectivity index (χ2n) is 5.66. The molecular weight excluding hydrogens is 360 g/mol. The topological polar surface area (TPSA) is 125 Å². The van der Waals surface area contributed by atoms with Crippen LogP contribution < -0.4 is 10.6 Å². The van der Waals surface area contributed by atoms with Crippen LogP contribution in [0.2, 0.25) is 0 Å². The summed E-state index contributed by atoms with van der Waals surface area (Å²) in [5.74, 6) is -4.15. The first kappa shape index (κ1) is 17.9. The maximum absolute atomic E-state index is 11.6. The molecule has 9 heteroatoms. The lowest BCUT2D eigenvalue weighted by molar-refractivity contribution is -0.147. The molecule has 8 nitrogen and oxygen atoms in total. The van der Waals surface area contributed by atoms with Crippen LogP contribution in [0.3, 0.4) is 0 Å². The van der Waals surface area contributed by atoms with Crippen molar-refractivity contribution in [2.45, 2.75) is 19.1 Å². The molecule has 2 heterocycles. The molecule has 26 heavy (non-hydrogen) atoms. The first-order valence-corrected chi connectivity index (χ1v) is 8.60. The molecule has 0 bridgehead atoms. The molecule has 4 N–H and O–H groups in total. The number of aromatic carboxylic acids is 1. The number of rotatable bonds is 5. The number of ether oxygens (including phenoxy) is 1. The highest BCUT2D eigenvalue weighted by Crippen LogP contribution is 2.37. The van der Waals surface area contributed by atoms with Gasteiger partial charge in [-0.15, -0.1) is 11.3 Å². The van der Waals surface area contributed by atoms with E-state index in [1.807, 2.05) is 30.3 Å². The summed E-state index contributed by atoms with van der Waals surface area (Å²) in [4.78, 5) is 34.4. The lowest BCUT2D eigenvalue weighted by Gasteiger charge is -2.24. The van der Waals surface area contributed by atoms with Crippen molar-refractivity contribution in [3.63, 3.8) is 0 Å². The number of carbonyl (C=O) groups is 3. The fraction of sp³-hybridized carbons (Fsp3) is 0.235. The Kier molecular flexibility index (Phi) is 5.19. The third kappa shape index (κ3) is 3.84. The summed E-state index contributed by atoms with van der Waals surface area (Å²) in [6, 6.07) is 9.55. The summed E-state index contributed by atoms with van der Waals surface area (Å²) in [6.07, 6.45) is 0.120. The number of aliphatic carboxylic acids is 1. The Balaban J connectivity index is 1.76. The Morgan fingerprint density at radius 2 is 1.92 bits per heavy atom. The minimum Gasteiger partial charge on any atom is -0.478 e. The summed E-state index contributed by atoms with van der Waals surface area (Å²) in [5.41, 5.74) is 1.45. The molecule has 1 amide bonds. The highest BCUT2D eigenvalue weighted by Gasteiger charge is 2.30. The Bertz CT molecular complexity index is 848. The van der Waals surface area contributed by atoms with E-state index in [0.29, 0.717) is 23.4 Å². The molecule has 1 atom stereocenters. The van der Waals surface area contributed by atoms with E-state index in [0.717, 1.165) is 17.0 Å². The van der Waals surface area contributed by atoms with E-state index in [4.69, 9.17) is 9.84 Å². The van der Waals surface area contributed by atoms with Gasteiger partial charge in [-0.2, -0.15) is 0 Å². The Morgan fingerprint density at radius 3 is 2.58 bits per heavy atom. The van der Waals surface area contributed by atoms with Crippen molar-refractivity contribution in [3.05, 3.63) is 46.3 Å². The fourth-order valence-electron chi connectivity index (χ4n) is 2.71. The average molecular weight is 376 g/mol. The van der Waals surface area contributed by atoms with Crippen LogP contribution in [-0.4, -0.2) is 40.7 Å². The molecule has 1 aliphatic rings. The largest absolute Gasteiger partial charge is 0.478 e. The lowest BCUT2D eigenvalue weighted by atomic mass is 10.0. The van der Waals surface area contributed by atoms with Crippen molar-refractivity contribution in [2.75, 3.05) is 17.2 Å². The van der Waals surface area contributed by atoms with Crippen LogP contribution in [0.1, 0.15) is 20.8 Å². The number of amides is 1. The normalized spacial score (nSPS) is 15.8. The van der Waals surface area contributed by atoms with Crippen LogP contribution in [-0.2, 0) is 27.4 Å². The van der Waals surface area contributed by atoms with Crippen molar-refractivity contribution < 1.29 is 29.3 Å². The highest BCUT2D eigenvalue weighted by molar-refractivity contribution is 7.17. The van der Waals surface area contributed by atoms with E-state index >= 15 is 0 Å². The van der Waals surface area contributed by atoms with Crippen molar-refractivity contribution in [2.24, 2.45) is 0 Å². The lowest BCUT2D eigenvalue weighted by Crippen LogP contribution is -2.29. The predicted octanol–water partition coefficient (Wildman–Crippen LogP) is 2.02. The summed E-state index contributed by atoms with van der Waals surface area (Å²) < 4.78 is 5.75. The predicted molar refractivity (Wildman–Crippen MR) is 94.8 cm³/mol. The summed E-state index contributed by atoms with van der Waals surface area (Å²) in [6.45, 7) is 0.708. The zero-order chi connectivity index (χ0) is 18.7. The number of para-hydroxylation sites is 1. The number of carboxylic acids is 2. The molecule has 1 unspecified atom stereocenters. The summed E-state index contributed by atoms with van der Waals surface area (Å²) in [7, 11) is 0. The number of carbonyl (C=O) groups excluding carboxylic acids is 1. The zero-order valence-electron chi connectivity index (χ0n) is 13.5. The zero-order valence-corrected chi connectivity index (χ0v) is 14.3. The van der Waals surface area contributed by atoms with Crippen LogP contribution in [0.25, 0.3) is 0 Å². The number of fused-ring (bicyclic) bond motifs is 1. The first-order chi connectivity index (χ1) is 12.5. The Morgan fingerprint density at radius 1 is 1.19 bits per heavy atom. The Labute approximate surface area is 152 Å². The molecule has 136 valence electrons. The average Bonchev–Trinajstić information content (AvgIpc) is 2.98. The van der Waals surface area contributed by atoms with Gasteiger partial charge in [-0.1, -0.05) is 18.2 Å². The number of benzene rings is 1. The SMILES string of the molecule is O=C(O)C(=O)Nc1sc2c(c1C(=O)O)CC(CNc1ccccc1)OC2. The quantitative estimate of drug-likeness (QED) is 0.588. The Hall–Kier alpha value is -2.91. The molecule has 1 aromatic carbocycles. The second kappa shape index (κ2) is 7.54. The molecule has 0 saturated carbocycles. The monoisotopic (exact) mass is 376 g/mol. The number of carboxylic acid groups (broad SMARTS) is 2. The van der Waals surface area contributed by atoms with Crippen molar-refractivity contribution in [3.8, 4) is 0 Å². The number of thiophene rings is 1. The van der Waals surface area contributed by atoms with Gasteiger partial charge in [-0.3, -0.25) is 4.79 Å². The van der Waals surface area contributed by atoms with Gasteiger partial charge < -0.3 is 25.6 Å². The van der Waals surface area contributed by atoms with Crippen LogP contribution in [0.15, 0.2) is 30.3 Å². The van der Waals surface area contributed by atoms with Crippen LogP contribution in [0.5, 0.6) is 0 Å². The van der Waals surface area contributed by atoms with Crippen molar-refractivity contribution in [1.82, 2.24) is 0 Å². The molecular formula is C17H16N2O6S. The van der Waals surface area contributed by atoms with Gasteiger partial charge >= 0.3 is 17.8 Å². The summed E-state index contributed by atoms with van der Waals surface area (Å²) >= 11 is 1.03. The first-order valence-electron chi connectivity index (χ1n) is 7.78. The fourth-order valence-corrected chi connectivity index (χ4v) is 3.85. The van der Waals surface area contributed by atoms with E-state index in [2.05, 4.69) is 10.6 Å². The molecule has 2 aromatic rings. The van der Waals surface area contributed by atoms with Crippen molar-refractivity contribution in [1.29, 1.82) is 0 Å². The third-order valence-electron chi connectivity index (χ3n) is 3.92. The number of nitrogens with one attached hydrogen (secondary N) is 2. The minimum absolute atomic E-state index is 0.0233. The maximum Gasteiger partial charge on any atom is 0.394 e. The smallest absolute Gasteiger partial charge is 0.394 e. The third-order valence-corrected chi connectivity index (χ3v) is 5.04. The van der Waals surface area contributed by atoms with Crippen LogP contribution in [0.4, 0.5) is 10.7 Å². The summed E-state index contributed by atoms with van der Waals surface area (Å²) in [5, 5.41) is 23.6. The van der Waals surface area contributed by atoms with E-state index < -0.39 is 17.8 Å². The minimum atomic E-state index is -1.67. The molecule has 0 fully saturated rings.